The second-order valence-corrected chi connectivity index (χ2v) is 12.6. The summed E-state index contributed by atoms with van der Waals surface area (Å²) in [6, 6.07) is 19.1. The molecule has 0 radical (unpaired) electrons. The van der Waals surface area contributed by atoms with Crippen LogP contribution < -0.4 is 4.90 Å². The van der Waals surface area contributed by atoms with Gasteiger partial charge in [0.2, 0.25) is 5.91 Å². The lowest BCUT2D eigenvalue weighted by atomic mass is 9.63. The topological polar surface area (TPSA) is 107 Å². The second-order valence-electron chi connectivity index (χ2n) is 11.7. The van der Waals surface area contributed by atoms with Gasteiger partial charge in [-0.3, -0.25) is 24.5 Å². The van der Waals surface area contributed by atoms with Crippen LogP contribution in [0.2, 0.25) is 0 Å². The second kappa shape index (κ2) is 8.83. The van der Waals surface area contributed by atoms with Gasteiger partial charge < -0.3 is 9.64 Å². The van der Waals surface area contributed by atoms with Crippen molar-refractivity contribution in [3.8, 4) is 0 Å². The molecule has 0 aromatic heterocycles. The van der Waals surface area contributed by atoms with Crippen LogP contribution in [0.3, 0.4) is 0 Å². The molecule has 204 valence electrons. The van der Waals surface area contributed by atoms with Gasteiger partial charge in [0.1, 0.15) is 5.60 Å². The predicted octanol–water partition coefficient (Wildman–Crippen LogP) is 5.92. The largest absolute Gasteiger partial charge is 0.460 e. The van der Waals surface area contributed by atoms with Crippen molar-refractivity contribution in [2.75, 3.05) is 11.9 Å². The highest BCUT2D eigenvalue weighted by atomic mass is 79.9. The van der Waals surface area contributed by atoms with E-state index in [1.165, 1.54) is 12.1 Å². The number of fused-ring (bicyclic) bond motifs is 5. The van der Waals surface area contributed by atoms with Gasteiger partial charge in [-0.2, -0.15) is 0 Å². The number of carbonyl (C=O) groups is 3. The van der Waals surface area contributed by atoms with Crippen LogP contribution in [0.15, 0.2) is 71.2 Å². The summed E-state index contributed by atoms with van der Waals surface area (Å²) in [5.41, 5.74) is 0.319. The molecule has 0 bridgehead atoms. The number of carbonyl (C=O) groups excluding carboxylic acids is 3. The molecule has 40 heavy (non-hydrogen) atoms. The monoisotopic (exact) mass is 602 g/mol. The average Bonchev–Trinajstić information content (AvgIpc) is 3.45. The summed E-state index contributed by atoms with van der Waals surface area (Å²) in [5, 5.41) is 11.6. The van der Waals surface area contributed by atoms with E-state index >= 15 is 0 Å². The van der Waals surface area contributed by atoms with E-state index in [1.54, 1.807) is 38.8 Å². The Balaban J connectivity index is 1.71. The van der Waals surface area contributed by atoms with Gasteiger partial charge in [0, 0.05) is 47.0 Å². The fraction of sp³-hybridized carbons (Fsp3) is 0.323. The number of para-hydroxylation sites is 1. The highest BCUT2D eigenvalue weighted by Crippen LogP contribution is 2.70. The number of ketones is 1. The van der Waals surface area contributed by atoms with Crippen molar-refractivity contribution in [1.29, 1.82) is 0 Å². The highest BCUT2D eigenvalue weighted by Gasteiger charge is 2.74. The molecule has 9 heteroatoms. The minimum atomic E-state index is -1.44. The molecule has 3 aliphatic rings. The van der Waals surface area contributed by atoms with Gasteiger partial charge in [-0.05, 0) is 59.5 Å². The van der Waals surface area contributed by atoms with Gasteiger partial charge in [-0.15, -0.1) is 0 Å². The van der Waals surface area contributed by atoms with Crippen molar-refractivity contribution in [2.45, 2.75) is 43.6 Å². The number of nitro groups is 1. The number of anilines is 1. The Kier molecular flexibility index (Phi) is 5.82. The number of hydrogen-bond donors (Lipinski definition) is 0. The molecule has 8 nitrogen and oxygen atoms in total. The third-order valence-corrected chi connectivity index (χ3v) is 9.15. The Labute approximate surface area is 239 Å². The number of rotatable bonds is 3. The molecule has 6 rings (SSSR count). The van der Waals surface area contributed by atoms with Crippen molar-refractivity contribution in [1.82, 2.24) is 0 Å². The molecule has 3 aromatic rings. The standard InChI is InChI=1S/C31H27BrN2O6/c1-30(2,3)40-28(36)25-22-18-14-13-17(34(38)39)15-19(18)27(35)23(22)24(16-9-6-5-7-10-16)31(25)20-11-8-12-21(32)26(20)33(4)29(31)37/h5-15,22-25H,1-4H3. The van der Waals surface area contributed by atoms with Crippen LogP contribution in [0, 0.1) is 22.0 Å². The number of Topliss-reactive ketones (excluding diaryl/α,β-unsaturated/α-hetero) is 1. The summed E-state index contributed by atoms with van der Waals surface area (Å²) in [5.74, 6) is -4.47. The molecule has 0 saturated heterocycles. The number of amides is 1. The van der Waals surface area contributed by atoms with E-state index in [4.69, 9.17) is 4.74 Å². The van der Waals surface area contributed by atoms with Crippen LogP contribution in [0.5, 0.6) is 0 Å². The quantitative estimate of drug-likeness (QED) is 0.209. The van der Waals surface area contributed by atoms with Crippen LogP contribution in [-0.2, 0) is 19.7 Å². The molecule has 1 amide bonds. The number of ether oxygens (including phenoxy) is 1. The average molecular weight is 603 g/mol. The molecule has 5 unspecified atom stereocenters. The SMILES string of the molecule is CN1C(=O)C2(c3cccc(Br)c31)C(C(=O)OC(C)(C)C)C1c3ccc([N+](=O)[O-])cc3C(=O)C1C2c1ccccc1. The van der Waals surface area contributed by atoms with Crippen LogP contribution in [0.4, 0.5) is 11.4 Å². The number of nitrogens with zero attached hydrogens (tertiary/aromatic N) is 2. The van der Waals surface area contributed by atoms with E-state index in [2.05, 4.69) is 15.9 Å². The number of nitro benzene ring substituents is 1. The first-order valence-corrected chi connectivity index (χ1v) is 13.9. The maximum absolute atomic E-state index is 14.7. The van der Waals surface area contributed by atoms with Gasteiger partial charge in [-0.1, -0.05) is 48.5 Å². The molecule has 1 aliphatic heterocycles. The number of esters is 1. The zero-order valence-electron chi connectivity index (χ0n) is 22.4. The van der Waals surface area contributed by atoms with Crippen LogP contribution in [0.25, 0.3) is 0 Å². The van der Waals surface area contributed by atoms with Gasteiger partial charge in [0.05, 0.1) is 21.9 Å². The number of likely N-dealkylation sites (N-methyl/N-ethyl adjacent to an activating group) is 1. The smallest absolute Gasteiger partial charge is 0.311 e. The Morgan fingerprint density at radius 3 is 2.38 bits per heavy atom. The van der Waals surface area contributed by atoms with Crippen LogP contribution >= 0.6 is 15.9 Å². The third-order valence-electron chi connectivity index (χ3n) is 8.51. The molecule has 0 N–H and O–H groups in total. The maximum atomic E-state index is 14.7. The van der Waals surface area contributed by atoms with Crippen molar-refractivity contribution >= 4 is 45.0 Å². The number of hydrogen-bond acceptors (Lipinski definition) is 6. The third kappa shape index (κ3) is 3.46. The lowest BCUT2D eigenvalue weighted by Gasteiger charge is -2.37. The molecule has 1 heterocycles. The van der Waals surface area contributed by atoms with Crippen molar-refractivity contribution in [3.05, 3.63) is 104 Å². The minimum Gasteiger partial charge on any atom is -0.460 e. The van der Waals surface area contributed by atoms with Gasteiger partial charge in [-0.25, -0.2) is 0 Å². The van der Waals surface area contributed by atoms with E-state index in [-0.39, 0.29) is 22.9 Å². The maximum Gasteiger partial charge on any atom is 0.311 e. The summed E-state index contributed by atoms with van der Waals surface area (Å²) in [6.07, 6.45) is 0. The zero-order valence-corrected chi connectivity index (χ0v) is 24.0. The molecule has 1 spiro atoms. The Morgan fingerprint density at radius 2 is 1.73 bits per heavy atom. The molecule has 2 aliphatic carbocycles. The van der Waals surface area contributed by atoms with E-state index in [9.17, 15) is 24.5 Å². The summed E-state index contributed by atoms with van der Waals surface area (Å²) < 4.78 is 6.70. The molecule has 1 saturated carbocycles. The van der Waals surface area contributed by atoms with Crippen molar-refractivity contribution < 1.29 is 24.0 Å². The van der Waals surface area contributed by atoms with Crippen LogP contribution in [-0.4, -0.2) is 35.2 Å². The fourth-order valence-corrected chi connectivity index (χ4v) is 7.95. The normalized spacial score (nSPS) is 26.6. The molecular formula is C31H27BrN2O6. The van der Waals surface area contributed by atoms with Gasteiger partial charge in [0.25, 0.3) is 5.69 Å². The minimum absolute atomic E-state index is 0.196. The van der Waals surface area contributed by atoms with Crippen molar-refractivity contribution in [3.63, 3.8) is 0 Å². The summed E-state index contributed by atoms with van der Waals surface area (Å²) in [6.45, 7) is 5.30. The van der Waals surface area contributed by atoms with E-state index in [0.717, 1.165) is 5.56 Å². The molecule has 1 fully saturated rings. The Hall–Kier alpha value is -3.85. The van der Waals surface area contributed by atoms with E-state index < -0.39 is 45.6 Å². The zero-order chi connectivity index (χ0) is 28.7. The summed E-state index contributed by atoms with van der Waals surface area (Å²) in [7, 11) is 1.68. The fourth-order valence-electron chi connectivity index (χ4n) is 7.32. The number of benzene rings is 3. The number of non-ortho nitro benzene ring substituents is 1. The Bertz CT molecular complexity index is 1610. The highest BCUT2D eigenvalue weighted by molar-refractivity contribution is 9.10. The first-order chi connectivity index (χ1) is 18.9. The molecule has 5 atom stereocenters. The van der Waals surface area contributed by atoms with Crippen LogP contribution in [0.1, 0.15) is 59.7 Å². The first-order valence-electron chi connectivity index (χ1n) is 13.1. The van der Waals surface area contributed by atoms with Gasteiger partial charge >= 0.3 is 5.97 Å². The number of halogens is 1. The predicted molar refractivity (Wildman–Crippen MR) is 151 cm³/mol. The Morgan fingerprint density at radius 1 is 1.02 bits per heavy atom. The van der Waals surface area contributed by atoms with Gasteiger partial charge in [0.15, 0.2) is 5.78 Å². The van der Waals surface area contributed by atoms with Crippen molar-refractivity contribution in [2.24, 2.45) is 11.8 Å². The first kappa shape index (κ1) is 26.4. The van der Waals surface area contributed by atoms with E-state index in [1.807, 2.05) is 48.5 Å². The summed E-state index contributed by atoms with van der Waals surface area (Å²) >= 11 is 3.61. The molecular weight excluding hydrogens is 576 g/mol. The lowest BCUT2D eigenvalue weighted by Crippen LogP contribution is -2.50. The van der Waals surface area contributed by atoms with E-state index in [0.29, 0.717) is 21.3 Å². The summed E-state index contributed by atoms with van der Waals surface area (Å²) in [4.78, 5) is 56.0. The lowest BCUT2D eigenvalue weighted by molar-refractivity contribution is -0.384. The molecule has 3 aromatic carbocycles.